The van der Waals surface area contributed by atoms with Crippen molar-refractivity contribution in [1.29, 1.82) is 0 Å². The van der Waals surface area contributed by atoms with Crippen molar-refractivity contribution in [2.75, 3.05) is 0 Å². The van der Waals surface area contributed by atoms with Crippen LogP contribution in [0.3, 0.4) is 0 Å². The second-order valence-electron chi connectivity index (χ2n) is 0.803. The Labute approximate surface area is 58.2 Å². The Morgan fingerprint density at radius 3 is 1.50 bits per heavy atom. The van der Waals surface area contributed by atoms with Crippen LogP contribution in [-0.4, -0.2) is 17.3 Å². The van der Waals surface area contributed by atoms with Crippen LogP contribution in [0.1, 0.15) is 0 Å². The van der Waals surface area contributed by atoms with Crippen molar-refractivity contribution in [3.63, 3.8) is 0 Å². The van der Waals surface area contributed by atoms with E-state index in [2.05, 4.69) is 0 Å². The van der Waals surface area contributed by atoms with Gasteiger partial charge < -0.3 is 5.11 Å². The van der Waals surface area contributed by atoms with Gasteiger partial charge in [0, 0.05) is 22.4 Å². The summed E-state index contributed by atoms with van der Waals surface area (Å²) in [5.41, 5.74) is 0. The minimum absolute atomic E-state index is 0. The summed E-state index contributed by atoms with van der Waals surface area (Å²) in [6.07, 6.45) is -5.08. The first-order valence-electron chi connectivity index (χ1n) is 1.24. The summed E-state index contributed by atoms with van der Waals surface area (Å²) in [6, 6.07) is 0. The minimum Gasteiger partial charge on any atom is -0.475 e. The normalized spacial score (nSPS) is 9.88. The maximum Gasteiger partial charge on any atom is 0.490 e. The molecule has 0 saturated carbocycles. The molecule has 0 spiro atoms. The maximum absolute atomic E-state index is 10.6. The minimum atomic E-state index is -5.08. The zero-order valence-corrected chi connectivity index (χ0v) is 4.77. The van der Waals surface area contributed by atoms with Gasteiger partial charge in [-0.3, -0.25) is 0 Å². The third-order valence-electron chi connectivity index (χ3n) is 0.243. The van der Waals surface area contributed by atoms with Gasteiger partial charge in [0.05, 0.1) is 0 Å². The smallest absolute Gasteiger partial charge is 0.475 e. The topological polar surface area (TPSA) is 37.3 Å². The number of carboxylic acids is 1. The molecule has 0 aromatic heterocycles. The third kappa shape index (κ3) is 4.17. The van der Waals surface area contributed by atoms with Crippen molar-refractivity contribution in [3.8, 4) is 0 Å². The largest absolute Gasteiger partial charge is 0.490 e. The second kappa shape index (κ2) is 3.11. The number of rotatable bonds is 0. The third-order valence-corrected chi connectivity index (χ3v) is 0.243. The Morgan fingerprint density at radius 2 is 1.50 bits per heavy atom. The van der Waals surface area contributed by atoms with E-state index in [0.717, 1.165) is 0 Å². The molecule has 0 atom stereocenters. The Balaban J connectivity index is 0. The van der Waals surface area contributed by atoms with Gasteiger partial charge >= 0.3 is 12.1 Å². The fourth-order valence-electron chi connectivity index (χ4n) is 0. The molecule has 0 aliphatic rings. The van der Waals surface area contributed by atoms with Crippen molar-refractivity contribution in [3.05, 3.63) is 0 Å². The molecule has 0 rings (SSSR count). The average Bonchev–Trinajstić information content (AvgIpc) is 1.31. The van der Waals surface area contributed by atoms with E-state index in [1.165, 1.54) is 0 Å². The maximum atomic E-state index is 10.6. The van der Waals surface area contributed by atoms with Crippen LogP contribution in [0.2, 0.25) is 0 Å². The summed E-state index contributed by atoms with van der Waals surface area (Å²) in [5, 5.41) is 7.12. The molecule has 2 nitrogen and oxygen atoms in total. The Bertz CT molecular complexity index is 87.8. The van der Waals surface area contributed by atoms with Crippen LogP contribution in [-0.2, 0) is 27.2 Å². The molecule has 0 aromatic carbocycles. The number of carbonyl (C=O) groups is 1. The standard InChI is InChI=1S/C2HF3O2.Ag/c3-2(4,5)1(6)7;/h(H,6,7);. The van der Waals surface area contributed by atoms with Crippen molar-refractivity contribution < 1.29 is 45.5 Å². The average molecular weight is 222 g/mol. The van der Waals surface area contributed by atoms with E-state index in [9.17, 15) is 13.2 Å². The number of aliphatic carboxylic acids is 1. The number of carboxylic acid groups (broad SMARTS) is 1. The fourth-order valence-corrected chi connectivity index (χ4v) is 0. The van der Waals surface area contributed by atoms with Crippen LogP contribution in [0.5, 0.6) is 0 Å². The Kier molecular flexibility index (Phi) is 4.23. The van der Waals surface area contributed by atoms with Gasteiger partial charge in [0.15, 0.2) is 0 Å². The van der Waals surface area contributed by atoms with E-state index in [-0.39, 0.29) is 22.4 Å². The molecule has 53 valence electrons. The molecule has 0 bridgehead atoms. The van der Waals surface area contributed by atoms with Gasteiger partial charge in [-0.1, -0.05) is 0 Å². The quantitative estimate of drug-likeness (QED) is 0.610. The zero-order valence-electron chi connectivity index (χ0n) is 3.29. The molecular formula is C2HAgF3O2. The second-order valence-corrected chi connectivity index (χ2v) is 0.803. The van der Waals surface area contributed by atoms with Gasteiger partial charge in [0.1, 0.15) is 0 Å². The summed E-state index contributed by atoms with van der Waals surface area (Å²) < 4.78 is 31.7. The molecule has 0 unspecified atom stereocenters. The summed E-state index contributed by atoms with van der Waals surface area (Å²) in [4.78, 5) is 8.90. The van der Waals surface area contributed by atoms with Crippen LogP contribution < -0.4 is 0 Å². The Hall–Kier alpha value is 0.000260. The van der Waals surface area contributed by atoms with Crippen LogP contribution >= 0.6 is 0 Å². The van der Waals surface area contributed by atoms with E-state index in [4.69, 9.17) is 9.90 Å². The fraction of sp³-hybridized carbons (Fsp3) is 0.500. The number of hydrogen-bond donors (Lipinski definition) is 1. The first-order valence-corrected chi connectivity index (χ1v) is 1.24. The van der Waals surface area contributed by atoms with Gasteiger partial charge in [0.2, 0.25) is 0 Å². The number of hydrogen-bond acceptors (Lipinski definition) is 1. The molecule has 0 aliphatic heterocycles. The molecule has 1 N–H and O–H groups in total. The van der Waals surface area contributed by atoms with Gasteiger partial charge in [-0.2, -0.15) is 13.2 Å². The van der Waals surface area contributed by atoms with Gasteiger partial charge in [-0.25, -0.2) is 4.79 Å². The first-order chi connectivity index (χ1) is 2.94. The van der Waals surface area contributed by atoms with Gasteiger partial charge in [0.25, 0.3) is 0 Å². The van der Waals surface area contributed by atoms with E-state index in [1.54, 1.807) is 0 Å². The number of halogens is 3. The van der Waals surface area contributed by atoms with Crippen LogP contribution in [0.15, 0.2) is 0 Å². The van der Waals surface area contributed by atoms with Crippen molar-refractivity contribution >= 4 is 5.97 Å². The zero-order chi connectivity index (χ0) is 6.08. The summed E-state index contributed by atoms with van der Waals surface area (Å²) >= 11 is 0. The molecule has 0 fully saturated rings. The van der Waals surface area contributed by atoms with Gasteiger partial charge in [-0.15, -0.1) is 0 Å². The van der Waals surface area contributed by atoms with Crippen molar-refractivity contribution in [2.24, 2.45) is 0 Å². The molecule has 0 amide bonds. The summed E-state index contributed by atoms with van der Waals surface area (Å²) in [5.74, 6) is -2.76. The Morgan fingerprint density at radius 1 is 1.38 bits per heavy atom. The number of alkyl halides is 3. The first kappa shape index (κ1) is 10.9. The molecule has 0 aliphatic carbocycles. The molecule has 0 aromatic rings. The van der Waals surface area contributed by atoms with Gasteiger partial charge in [-0.05, 0) is 0 Å². The molecule has 1 radical (unpaired) electrons. The van der Waals surface area contributed by atoms with E-state index >= 15 is 0 Å². The van der Waals surface area contributed by atoms with Crippen LogP contribution in [0.4, 0.5) is 13.2 Å². The predicted octanol–water partition coefficient (Wildman–Crippen LogP) is 0.631. The predicted molar refractivity (Wildman–Crippen MR) is 13.7 cm³/mol. The molecule has 0 saturated heterocycles. The molecule has 0 heterocycles. The SMILES string of the molecule is O=C(O)C(F)(F)F.[Ag]. The van der Waals surface area contributed by atoms with E-state index in [1.807, 2.05) is 0 Å². The monoisotopic (exact) mass is 221 g/mol. The molecular weight excluding hydrogens is 221 g/mol. The molecule has 6 heteroatoms. The summed E-state index contributed by atoms with van der Waals surface area (Å²) in [7, 11) is 0. The van der Waals surface area contributed by atoms with Crippen LogP contribution in [0.25, 0.3) is 0 Å². The summed E-state index contributed by atoms with van der Waals surface area (Å²) in [6.45, 7) is 0. The van der Waals surface area contributed by atoms with Crippen molar-refractivity contribution in [1.82, 2.24) is 0 Å². The molecule has 8 heavy (non-hydrogen) atoms. The van der Waals surface area contributed by atoms with E-state index in [0.29, 0.717) is 0 Å². The van der Waals surface area contributed by atoms with Crippen LogP contribution in [0, 0.1) is 0 Å². The van der Waals surface area contributed by atoms with E-state index < -0.39 is 12.1 Å². The van der Waals surface area contributed by atoms with Crippen molar-refractivity contribution in [2.45, 2.75) is 6.18 Å².